The van der Waals surface area contributed by atoms with Crippen LogP contribution in [0.2, 0.25) is 0 Å². The predicted octanol–water partition coefficient (Wildman–Crippen LogP) is 1.97. The van der Waals surface area contributed by atoms with Crippen LogP contribution in [0.4, 0.5) is 0 Å². The number of benzene rings is 1. The maximum Gasteiger partial charge on any atom is 0.0795 e. The highest BCUT2D eigenvalue weighted by molar-refractivity contribution is 5.24. The van der Waals surface area contributed by atoms with Crippen LogP contribution in [0, 0.1) is 6.92 Å². The standard InChI is InChI=1S/C13H17N3/c1-10-4-3-5-11(8-10)9-12(14)13-6-7-16(2)15-13/h3-8,12H,9,14H2,1-2H3. The zero-order valence-corrected chi connectivity index (χ0v) is 9.72. The molecule has 0 spiro atoms. The highest BCUT2D eigenvalue weighted by Crippen LogP contribution is 2.14. The van der Waals surface area contributed by atoms with Crippen LogP contribution in [0.5, 0.6) is 0 Å². The second kappa shape index (κ2) is 4.49. The van der Waals surface area contributed by atoms with Gasteiger partial charge < -0.3 is 5.73 Å². The molecule has 0 amide bonds. The van der Waals surface area contributed by atoms with Gasteiger partial charge in [0, 0.05) is 13.2 Å². The number of nitrogens with zero attached hydrogens (tertiary/aromatic N) is 2. The molecule has 0 fully saturated rings. The first-order valence-corrected chi connectivity index (χ1v) is 5.46. The third kappa shape index (κ3) is 2.49. The van der Waals surface area contributed by atoms with Gasteiger partial charge in [0.1, 0.15) is 0 Å². The average molecular weight is 215 g/mol. The fraction of sp³-hybridized carbons (Fsp3) is 0.308. The van der Waals surface area contributed by atoms with Crippen molar-refractivity contribution in [2.75, 3.05) is 0 Å². The molecule has 0 aliphatic heterocycles. The monoisotopic (exact) mass is 215 g/mol. The maximum atomic E-state index is 6.11. The van der Waals surface area contributed by atoms with Crippen LogP contribution in [0.25, 0.3) is 0 Å². The van der Waals surface area contributed by atoms with Crippen molar-refractivity contribution in [1.29, 1.82) is 0 Å². The third-order valence-corrected chi connectivity index (χ3v) is 2.65. The van der Waals surface area contributed by atoms with Gasteiger partial charge in [0.2, 0.25) is 0 Å². The highest BCUT2D eigenvalue weighted by atomic mass is 15.3. The molecular weight excluding hydrogens is 198 g/mol. The van der Waals surface area contributed by atoms with E-state index in [2.05, 4.69) is 36.3 Å². The molecule has 2 N–H and O–H groups in total. The molecule has 1 heterocycles. The van der Waals surface area contributed by atoms with Gasteiger partial charge in [-0.15, -0.1) is 0 Å². The van der Waals surface area contributed by atoms with Crippen LogP contribution in [-0.2, 0) is 13.5 Å². The van der Waals surface area contributed by atoms with Crippen LogP contribution in [0.1, 0.15) is 22.9 Å². The van der Waals surface area contributed by atoms with Crippen molar-refractivity contribution >= 4 is 0 Å². The number of hydrogen-bond donors (Lipinski definition) is 1. The third-order valence-electron chi connectivity index (χ3n) is 2.65. The number of nitrogens with two attached hydrogens (primary N) is 1. The number of aromatic nitrogens is 2. The van der Waals surface area contributed by atoms with Crippen molar-refractivity contribution in [3.63, 3.8) is 0 Å². The SMILES string of the molecule is Cc1cccc(CC(N)c2ccn(C)n2)c1. The Balaban J connectivity index is 2.10. The van der Waals surface area contributed by atoms with E-state index >= 15 is 0 Å². The molecule has 0 radical (unpaired) electrons. The molecule has 16 heavy (non-hydrogen) atoms. The summed E-state index contributed by atoms with van der Waals surface area (Å²) in [5.74, 6) is 0. The molecule has 3 heteroatoms. The molecule has 3 nitrogen and oxygen atoms in total. The van der Waals surface area contributed by atoms with E-state index in [1.165, 1.54) is 11.1 Å². The van der Waals surface area contributed by atoms with Gasteiger partial charge in [0.05, 0.1) is 11.7 Å². The molecular formula is C13H17N3. The van der Waals surface area contributed by atoms with Gasteiger partial charge in [0.25, 0.3) is 0 Å². The molecule has 0 saturated carbocycles. The summed E-state index contributed by atoms with van der Waals surface area (Å²) in [6.45, 7) is 2.09. The minimum atomic E-state index is -0.0250. The van der Waals surface area contributed by atoms with Gasteiger partial charge >= 0.3 is 0 Å². The molecule has 0 saturated heterocycles. The van der Waals surface area contributed by atoms with Crippen LogP contribution < -0.4 is 5.73 Å². The minimum Gasteiger partial charge on any atom is -0.322 e. The Kier molecular flexibility index (Phi) is 3.06. The molecule has 1 aromatic carbocycles. The second-order valence-corrected chi connectivity index (χ2v) is 4.21. The van der Waals surface area contributed by atoms with Crippen molar-refractivity contribution in [1.82, 2.24) is 9.78 Å². The number of hydrogen-bond acceptors (Lipinski definition) is 2. The quantitative estimate of drug-likeness (QED) is 0.850. The van der Waals surface area contributed by atoms with Crippen LogP contribution in [0.15, 0.2) is 36.5 Å². The van der Waals surface area contributed by atoms with E-state index in [4.69, 9.17) is 5.73 Å². The second-order valence-electron chi connectivity index (χ2n) is 4.21. The summed E-state index contributed by atoms with van der Waals surface area (Å²) >= 11 is 0. The van der Waals surface area contributed by atoms with Crippen LogP contribution in [-0.4, -0.2) is 9.78 Å². The van der Waals surface area contributed by atoms with E-state index in [9.17, 15) is 0 Å². The molecule has 1 atom stereocenters. The molecule has 0 aliphatic carbocycles. The summed E-state index contributed by atoms with van der Waals surface area (Å²) in [7, 11) is 1.91. The summed E-state index contributed by atoms with van der Waals surface area (Å²) in [6, 6.07) is 10.4. The average Bonchev–Trinajstić information content (AvgIpc) is 2.65. The zero-order valence-electron chi connectivity index (χ0n) is 9.72. The molecule has 2 rings (SSSR count). The van der Waals surface area contributed by atoms with Crippen LogP contribution >= 0.6 is 0 Å². The summed E-state index contributed by atoms with van der Waals surface area (Å²) in [5, 5.41) is 4.32. The predicted molar refractivity (Wildman–Crippen MR) is 65.0 cm³/mol. The van der Waals surface area contributed by atoms with Crippen molar-refractivity contribution in [3.05, 3.63) is 53.3 Å². The van der Waals surface area contributed by atoms with Gasteiger partial charge in [-0.25, -0.2) is 0 Å². The lowest BCUT2D eigenvalue weighted by molar-refractivity contribution is 0.657. The van der Waals surface area contributed by atoms with E-state index in [0.29, 0.717) is 0 Å². The summed E-state index contributed by atoms with van der Waals surface area (Å²) in [4.78, 5) is 0. The van der Waals surface area contributed by atoms with Gasteiger partial charge in [-0.05, 0) is 25.0 Å². The molecule has 1 aromatic heterocycles. The van der Waals surface area contributed by atoms with Crippen molar-refractivity contribution < 1.29 is 0 Å². The molecule has 0 bridgehead atoms. The van der Waals surface area contributed by atoms with E-state index in [0.717, 1.165) is 12.1 Å². The Bertz CT molecular complexity index is 474. The van der Waals surface area contributed by atoms with E-state index < -0.39 is 0 Å². The Morgan fingerprint density at radius 2 is 2.19 bits per heavy atom. The lowest BCUT2D eigenvalue weighted by Gasteiger charge is -2.09. The largest absolute Gasteiger partial charge is 0.322 e. The first kappa shape index (κ1) is 10.9. The van der Waals surface area contributed by atoms with E-state index in [1.807, 2.05) is 19.3 Å². The van der Waals surface area contributed by atoms with Crippen LogP contribution in [0.3, 0.4) is 0 Å². The first-order chi connectivity index (χ1) is 7.65. The lowest BCUT2D eigenvalue weighted by Crippen LogP contribution is -2.14. The van der Waals surface area contributed by atoms with E-state index in [1.54, 1.807) is 4.68 Å². The fourth-order valence-corrected chi connectivity index (χ4v) is 1.83. The minimum absolute atomic E-state index is 0.0250. The highest BCUT2D eigenvalue weighted by Gasteiger charge is 2.09. The molecule has 84 valence electrons. The molecule has 1 unspecified atom stereocenters. The summed E-state index contributed by atoms with van der Waals surface area (Å²) in [6.07, 6.45) is 2.75. The summed E-state index contributed by atoms with van der Waals surface area (Å²) < 4.78 is 1.78. The smallest absolute Gasteiger partial charge is 0.0795 e. The number of aryl methyl sites for hydroxylation is 2. The Morgan fingerprint density at radius 1 is 1.38 bits per heavy atom. The van der Waals surface area contributed by atoms with Crippen molar-refractivity contribution in [2.45, 2.75) is 19.4 Å². The fourth-order valence-electron chi connectivity index (χ4n) is 1.83. The van der Waals surface area contributed by atoms with Crippen molar-refractivity contribution in [3.8, 4) is 0 Å². The van der Waals surface area contributed by atoms with E-state index in [-0.39, 0.29) is 6.04 Å². The van der Waals surface area contributed by atoms with Gasteiger partial charge in [-0.1, -0.05) is 29.8 Å². The lowest BCUT2D eigenvalue weighted by atomic mass is 10.0. The zero-order chi connectivity index (χ0) is 11.5. The Morgan fingerprint density at radius 3 is 2.81 bits per heavy atom. The Hall–Kier alpha value is -1.61. The van der Waals surface area contributed by atoms with Crippen molar-refractivity contribution in [2.24, 2.45) is 12.8 Å². The molecule has 0 aliphatic rings. The number of rotatable bonds is 3. The Labute approximate surface area is 95.9 Å². The van der Waals surface area contributed by atoms with Gasteiger partial charge in [-0.2, -0.15) is 5.10 Å². The topological polar surface area (TPSA) is 43.8 Å². The molecule has 2 aromatic rings. The van der Waals surface area contributed by atoms with Gasteiger partial charge in [-0.3, -0.25) is 4.68 Å². The van der Waals surface area contributed by atoms with Gasteiger partial charge in [0.15, 0.2) is 0 Å². The normalized spacial score (nSPS) is 12.7. The maximum absolute atomic E-state index is 6.11. The first-order valence-electron chi connectivity index (χ1n) is 5.46. The summed E-state index contributed by atoms with van der Waals surface area (Å²) in [5.41, 5.74) is 9.59.